The molecule has 4 N–H and O–H groups in total. The zero-order chi connectivity index (χ0) is 13.7. The summed E-state index contributed by atoms with van der Waals surface area (Å²) in [6.07, 6.45) is -0.378. The van der Waals surface area contributed by atoms with Crippen molar-refractivity contribution < 1.29 is 9.84 Å². The van der Waals surface area contributed by atoms with Gasteiger partial charge in [-0.25, -0.2) is 0 Å². The van der Waals surface area contributed by atoms with Crippen molar-refractivity contribution in [3.63, 3.8) is 0 Å². The van der Waals surface area contributed by atoms with Crippen molar-refractivity contribution in [1.82, 2.24) is 4.90 Å². The highest BCUT2D eigenvalue weighted by atomic mass is 16.5. The topological polar surface area (TPSA) is 82.6 Å². The molecule has 5 nitrogen and oxygen atoms in total. The molecule has 0 fully saturated rings. The van der Waals surface area contributed by atoms with Gasteiger partial charge in [0.25, 0.3) is 0 Å². The van der Waals surface area contributed by atoms with Crippen molar-refractivity contribution in [3.05, 3.63) is 29.3 Å². The summed E-state index contributed by atoms with van der Waals surface area (Å²) in [6, 6.07) is 5.42. The van der Waals surface area contributed by atoms with E-state index in [1.807, 2.05) is 24.1 Å². The van der Waals surface area contributed by atoms with Crippen molar-refractivity contribution in [1.29, 1.82) is 5.41 Å². The number of amidine groups is 1. The summed E-state index contributed by atoms with van der Waals surface area (Å²) >= 11 is 0. The third-order valence-corrected chi connectivity index (χ3v) is 2.61. The summed E-state index contributed by atoms with van der Waals surface area (Å²) in [5.74, 6) is 0.800. The SMILES string of the molecule is COc1ccc(C(=N)N)cc1CN(C)CC(C)O. The molecule has 1 unspecified atom stereocenters. The minimum atomic E-state index is -0.378. The number of likely N-dealkylation sites (N-methyl/N-ethyl adjacent to an activating group) is 1. The Morgan fingerprint density at radius 2 is 2.22 bits per heavy atom. The van der Waals surface area contributed by atoms with E-state index in [2.05, 4.69) is 0 Å². The third-order valence-electron chi connectivity index (χ3n) is 2.61. The lowest BCUT2D eigenvalue weighted by Gasteiger charge is -2.20. The first-order valence-electron chi connectivity index (χ1n) is 5.82. The fraction of sp³-hybridized carbons (Fsp3) is 0.462. The summed E-state index contributed by atoms with van der Waals surface area (Å²) in [4.78, 5) is 1.99. The standard InChI is InChI=1S/C13H21N3O2/c1-9(17)7-16(2)8-11-6-10(13(14)15)4-5-12(11)18-3/h4-6,9,17H,7-8H2,1-3H3,(H3,14,15). The Morgan fingerprint density at radius 3 is 2.72 bits per heavy atom. The van der Waals surface area contributed by atoms with Crippen molar-refractivity contribution in [2.24, 2.45) is 5.73 Å². The summed E-state index contributed by atoms with van der Waals surface area (Å²) in [5, 5.41) is 16.8. The molecule has 100 valence electrons. The fourth-order valence-electron chi connectivity index (χ4n) is 1.88. The second kappa shape index (κ2) is 6.37. The molecule has 0 aliphatic carbocycles. The maximum atomic E-state index is 9.34. The minimum absolute atomic E-state index is 0.0390. The molecule has 1 rings (SSSR count). The molecular formula is C13H21N3O2. The van der Waals surface area contributed by atoms with E-state index >= 15 is 0 Å². The smallest absolute Gasteiger partial charge is 0.123 e. The Bertz CT molecular complexity index is 419. The van der Waals surface area contributed by atoms with E-state index < -0.39 is 0 Å². The number of benzene rings is 1. The van der Waals surface area contributed by atoms with Gasteiger partial charge in [0, 0.05) is 24.2 Å². The largest absolute Gasteiger partial charge is 0.496 e. The van der Waals surface area contributed by atoms with Gasteiger partial charge in [-0.3, -0.25) is 10.3 Å². The number of rotatable bonds is 6. The number of nitrogens with two attached hydrogens (primary N) is 1. The van der Waals surface area contributed by atoms with Crippen LogP contribution in [-0.2, 0) is 6.54 Å². The highest BCUT2D eigenvalue weighted by Gasteiger charge is 2.10. The first-order valence-corrected chi connectivity index (χ1v) is 5.82. The number of methoxy groups -OCH3 is 1. The highest BCUT2D eigenvalue weighted by molar-refractivity contribution is 5.95. The molecule has 0 heterocycles. The molecule has 0 spiro atoms. The molecule has 0 aliphatic rings. The van der Waals surface area contributed by atoms with Crippen LogP contribution < -0.4 is 10.5 Å². The van der Waals surface area contributed by atoms with E-state index in [-0.39, 0.29) is 11.9 Å². The third kappa shape index (κ3) is 4.01. The maximum absolute atomic E-state index is 9.34. The maximum Gasteiger partial charge on any atom is 0.123 e. The van der Waals surface area contributed by atoms with Crippen molar-refractivity contribution >= 4 is 5.84 Å². The van der Waals surface area contributed by atoms with Gasteiger partial charge in [0.05, 0.1) is 13.2 Å². The molecule has 0 saturated heterocycles. The number of nitrogens with zero attached hydrogens (tertiary/aromatic N) is 1. The summed E-state index contributed by atoms with van der Waals surface area (Å²) < 4.78 is 5.29. The van der Waals surface area contributed by atoms with Crippen molar-refractivity contribution in [2.45, 2.75) is 19.6 Å². The molecular weight excluding hydrogens is 230 g/mol. The van der Waals surface area contributed by atoms with Crippen LogP contribution in [0.2, 0.25) is 0 Å². The number of aliphatic hydroxyl groups is 1. The minimum Gasteiger partial charge on any atom is -0.496 e. The van der Waals surface area contributed by atoms with Gasteiger partial charge >= 0.3 is 0 Å². The zero-order valence-corrected chi connectivity index (χ0v) is 11.1. The first kappa shape index (κ1) is 14.5. The lowest BCUT2D eigenvalue weighted by atomic mass is 10.1. The van der Waals surface area contributed by atoms with Gasteiger partial charge in [0.2, 0.25) is 0 Å². The lowest BCUT2D eigenvalue weighted by Crippen LogP contribution is -2.27. The molecule has 0 aromatic heterocycles. The predicted octanol–water partition coefficient (Wildman–Crippen LogP) is 0.792. The Hall–Kier alpha value is -1.59. The molecule has 0 radical (unpaired) electrons. The predicted molar refractivity (Wildman–Crippen MR) is 72.0 cm³/mol. The first-order chi connectivity index (χ1) is 8.43. The van der Waals surface area contributed by atoms with Crippen LogP contribution in [0.5, 0.6) is 5.75 Å². The lowest BCUT2D eigenvalue weighted by molar-refractivity contribution is 0.138. The van der Waals surface area contributed by atoms with Crippen LogP contribution in [0.1, 0.15) is 18.1 Å². The molecule has 1 atom stereocenters. The van der Waals surface area contributed by atoms with Crippen LogP contribution in [0.25, 0.3) is 0 Å². The van der Waals surface area contributed by atoms with Gasteiger partial charge < -0.3 is 15.6 Å². The van der Waals surface area contributed by atoms with Crippen molar-refractivity contribution in [2.75, 3.05) is 20.7 Å². The van der Waals surface area contributed by atoms with Crippen LogP contribution in [0.4, 0.5) is 0 Å². The molecule has 0 saturated carbocycles. The van der Waals surface area contributed by atoms with E-state index in [9.17, 15) is 5.11 Å². The summed E-state index contributed by atoms with van der Waals surface area (Å²) in [6.45, 7) is 2.96. The molecule has 0 aliphatic heterocycles. The van der Waals surface area contributed by atoms with Crippen LogP contribution in [0, 0.1) is 5.41 Å². The second-order valence-corrected chi connectivity index (χ2v) is 4.49. The summed E-state index contributed by atoms with van der Waals surface area (Å²) in [7, 11) is 3.54. The number of nitrogen functional groups attached to an aromatic ring is 1. The molecule has 0 bridgehead atoms. The van der Waals surface area contributed by atoms with E-state index in [1.165, 1.54) is 0 Å². The average molecular weight is 251 g/mol. The highest BCUT2D eigenvalue weighted by Crippen LogP contribution is 2.21. The Morgan fingerprint density at radius 1 is 1.56 bits per heavy atom. The molecule has 5 heteroatoms. The van der Waals surface area contributed by atoms with E-state index in [1.54, 1.807) is 20.1 Å². The molecule has 1 aromatic rings. The normalized spacial score (nSPS) is 12.5. The number of hydrogen-bond acceptors (Lipinski definition) is 4. The van der Waals surface area contributed by atoms with Gasteiger partial charge in [-0.15, -0.1) is 0 Å². The van der Waals surface area contributed by atoms with Gasteiger partial charge in [-0.2, -0.15) is 0 Å². The number of hydrogen-bond donors (Lipinski definition) is 3. The van der Waals surface area contributed by atoms with Crippen LogP contribution in [0.15, 0.2) is 18.2 Å². The van der Waals surface area contributed by atoms with E-state index in [0.717, 1.165) is 11.3 Å². The Labute approximate surface area is 108 Å². The quantitative estimate of drug-likeness (QED) is 0.515. The zero-order valence-electron chi connectivity index (χ0n) is 11.1. The number of aliphatic hydroxyl groups excluding tert-OH is 1. The molecule has 0 amide bonds. The van der Waals surface area contributed by atoms with E-state index in [4.69, 9.17) is 15.9 Å². The molecule has 18 heavy (non-hydrogen) atoms. The average Bonchev–Trinajstić information content (AvgIpc) is 2.27. The van der Waals surface area contributed by atoms with Crippen LogP contribution >= 0.6 is 0 Å². The van der Waals surface area contributed by atoms with Crippen LogP contribution in [0.3, 0.4) is 0 Å². The second-order valence-electron chi connectivity index (χ2n) is 4.49. The number of nitrogens with one attached hydrogen (secondary N) is 1. The molecule has 1 aromatic carbocycles. The van der Waals surface area contributed by atoms with Gasteiger partial charge in [-0.1, -0.05) is 0 Å². The van der Waals surface area contributed by atoms with Crippen molar-refractivity contribution in [3.8, 4) is 5.75 Å². The number of ether oxygens (including phenoxy) is 1. The summed E-state index contributed by atoms with van der Waals surface area (Å²) in [5.41, 5.74) is 7.10. The van der Waals surface area contributed by atoms with Crippen LogP contribution in [-0.4, -0.2) is 42.6 Å². The monoisotopic (exact) mass is 251 g/mol. The van der Waals surface area contributed by atoms with E-state index in [0.29, 0.717) is 18.7 Å². The van der Waals surface area contributed by atoms with Gasteiger partial charge in [0.1, 0.15) is 11.6 Å². The van der Waals surface area contributed by atoms with Gasteiger partial charge in [0.15, 0.2) is 0 Å². The Balaban J connectivity index is 2.90. The Kier molecular flexibility index (Phi) is 5.12. The fourth-order valence-corrected chi connectivity index (χ4v) is 1.88. The van der Waals surface area contributed by atoms with Gasteiger partial charge in [-0.05, 0) is 32.2 Å².